The topological polar surface area (TPSA) is 15.6 Å². The van der Waals surface area contributed by atoms with Gasteiger partial charge >= 0.3 is 0 Å². The van der Waals surface area contributed by atoms with Crippen LogP contribution in [0.3, 0.4) is 0 Å². The van der Waals surface area contributed by atoms with Gasteiger partial charge in [0.1, 0.15) is 5.84 Å². The summed E-state index contributed by atoms with van der Waals surface area (Å²) >= 11 is 0. The highest BCUT2D eigenvalue weighted by molar-refractivity contribution is 5.96. The van der Waals surface area contributed by atoms with Crippen LogP contribution >= 0.6 is 0 Å². The lowest BCUT2D eigenvalue weighted by Crippen LogP contribution is -2.31. The van der Waals surface area contributed by atoms with Gasteiger partial charge in [0.05, 0.1) is 6.04 Å². The number of nitrogens with zero attached hydrogens (tertiary/aromatic N) is 2. The molecule has 0 fully saturated rings. The van der Waals surface area contributed by atoms with Gasteiger partial charge in [-0.1, -0.05) is 6.08 Å². The lowest BCUT2D eigenvalue weighted by Gasteiger charge is -2.19. The maximum Gasteiger partial charge on any atom is 0.199 e. The van der Waals surface area contributed by atoms with E-state index in [2.05, 4.69) is 4.99 Å². The molecule has 0 bridgehead atoms. The second-order valence-electron chi connectivity index (χ2n) is 2.71. The third-order valence-corrected chi connectivity index (χ3v) is 1.87. The minimum Gasteiger partial charge on any atom is -0.301 e. The maximum absolute atomic E-state index is 13.2. The van der Waals surface area contributed by atoms with Crippen LogP contribution in [-0.2, 0) is 0 Å². The van der Waals surface area contributed by atoms with Gasteiger partial charge in [0, 0.05) is 6.20 Å². The Morgan fingerprint density at radius 3 is 3.09 bits per heavy atom. The summed E-state index contributed by atoms with van der Waals surface area (Å²) in [5, 5.41) is 0. The van der Waals surface area contributed by atoms with Crippen molar-refractivity contribution in [3.63, 3.8) is 0 Å². The van der Waals surface area contributed by atoms with Gasteiger partial charge in [-0.05, 0) is 19.1 Å². The normalized spacial score (nSPS) is 34.0. The van der Waals surface area contributed by atoms with E-state index in [1.807, 2.05) is 18.2 Å². The zero-order chi connectivity index (χ0) is 7.84. The van der Waals surface area contributed by atoms with E-state index in [0.29, 0.717) is 0 Å². The Labute approximate surface area is 64.7 Å². The standard InChI is InChI=1S/C8H9FN2/c1-6-8(9)11-5-3-2-4-7(11)10-6/h2-6,8H,1H3/t6-,8?/m1/s1. The molecule has 0 aromatic carbocycles. The molecule has 58 valence electrons. The second-order valence-corrected chi connectivity index (χ2v) is 2.71. The summed E-state index contributed by atoms with van der Waals surface area (Å²) in [5.41, 5.74) is 0. The molecule has 2 aliphatic heterocycles. The molecule has 0 aliphatic carbocycles. The first-order chi connectivity index (χ1) is 5.29. The summed E-state index contributed by atoms with van der Waals surface area (Å²) in [6, 6.07) is -0.239. The molecule has 0 aromatic rings. The van der Waals surface area contributed by atoms with Gasteiger partial charge in [0.2, 0.25) is 0 Å². The molecule has 0 radical (unpaired) electrons. The van der Waals surface area contributed by atoms with E-state index >= 15 is 0 Å². The number of alkyl halides is 1. The lowest BCUT2D eigenvalue weighted by molar-refractivity contribution is 0.193. The van der Waals surface area contributed by atoms with Crippen molar-refractivity contribution in [1.82, 2.24) is 4.90 Å². The number of rotatable bonds is 0. The van der Waals surface area contributed by atoms with Crippen LogP contribution in [-0.4, -0.2) is 23.1 Å². The third kappa shape index (κ3) is 0.878. The molecule has 3 heteroatoms. The van der Waals surface area contributed by atoms with Gasteiger partial charge in [-0.15, -0.1) is 0 Å². The molecule has 2 aliphatic rings. The van der Waals surface area contributed by atoms with Crippen LogP contribution in [0.4, 0.5) is 4.39 Å². The minimum absolute atomic E-state index is 0.239. The van der Waals surface area contributed by atoms with Crippen LogP contribution in [0.5, 0.6) is 0 Å². The largest absolute Gasteiger partial charge is 0.301 e. The Morgan fingerprint density at radius 2 is 2.36 bits per heavy atom. The summed E-state index contributed by atoms with van der Waals surface area (Å²) in [4.78, 5) is 5.67. The fourth-order valence-electron chi connectivity index (χ4n) is 1.27. The van der Waals surface area contributed by atoms with Crippen molar-refractivity contribution in [2.45, 2.75) is 19.3 Å². The molecule has 0 spiro atoms. The molecule has 11 heavy (non-hydrogen) atoms. The van der Waals surface area contributed by atoms with E-state index < -0.39 is 6.30 Å². The number of halogens is 1. The van der Waals surface area contributed by atoms with E-state index in [1.54, 1.807) is 18.0 Å². The Bertz CT molecular complexity index is 255. The predicted molar refractivity (Wildman–Crippen MR) is 41.9 cm³/mol. The zero-order valence-corrected chi connectivity index (χ0v) is 6.24. The highest BCUT2D eigenvalue weighted by atomic mass is 19.1. The van der Waals surface area contributed by atoms with Crippen LogP contribution in [0.2, 0.25) is 0 Å². The van der Waals surface area contributed by atoms with Gasteiger partial charge in [-0.25, -0.2) is 4.39 Å². The highest BCUT2D eigenvalue weighted by Crippen LogP contribution is 2.21. The lowest BCUT2D eigenvalue weighted by atomic mass is 10.3. The number of amidine groups is 1. The fraction of sp³-hybridized carbons (Fsp3) is 0.375. The van der Waals surface area contributed by atoms with Gasteiger partial charge in [0.25, 0.3) is 0 Å². The average Bonchev–Trinajstić information content (AvgIpc) is 2.30. The minimum atomic E-state index is -0.980. The number of allylic oxidation sites excluding steroid dienone is 2. The molecular formula is C8H9FN2. The average molecular weight is 152 g/mol. The summed E-state index contributed by atoms with van der Waals surface area (Å²) < 4.78 is 13.2. The number of hydrogen-bond acceptors (Lipinski definition) is 2. The van der Waals surface area contributed by atoms with Crippen molar-refractivity contribution < 1.29 is 4.39 Å². The van der Waals surface area contributed by atoms with E-state index in [0.717, 1.165) is 5.84 Å². The van der Waals surface area contributed by atoms with Crippen LogP contribution in [0, 0.1) is 0 Å². The number of fused-ring (bicyclic) bond motifs is 1. The molecule has 2 heterocycles. The van der Waals surface area contributed by atoms with Gasteiger partial charge in [-0.2, -0.15) is 0 Å². The van der Waals surface area contributed by atoms with E-state index in [1.165, 1.54) is 0 Å². The third-order valence-electron chi connectivity index (χ3n) is 1.87. The predicted octanol–water partition coefficient (Wildman–Crippen LogP) is 1.47. The zero-order valence-electron chi connectivity index (χ0n) is 6.24. The number of hydrogen-bond donors (Lipinski definition) is 0. The van der Waals surface area contributed by atoms with Gasteiger partial charge in [0.15, 0.2) is 6.30 Å². The molecule has 0 amide bonds. The molecule has 0 N–H and O–H groups in total. The molecule has 2 atom stereocenters. The van der Waals surface area contributed by atoms with Crippen molar-refractivity contribution >= 4 is 5.84 Å². The molecular weight excluding hydrogens is 143 g/mol. The summed E-state index contributed by atoms with van der Waals surface area (Å²) in [7, 11) is 0. The highest BCUT2D eigenvalue weighted by Gasteiger charge is 2.31. The summed E-state index contributed by atoms with van der Waals surface area (Å²) in [5.74, 6) is 0.729. The van der Waals surface area contributed by atoms with E-state index in [4.69, 9.17) is 0 Å². The van der Waals surface area contributed by atoms with E-state index in [9.17, 15) is 4.39 Å². The van der Waals surface area contributed by atoms with Crippen LogP contribution in [0.1, 0.15) is 6.92 Å². The van der Waals surface area contributed by atoms with Crippen molar-refractivity contribution in [2.24, 2.45) is 4.99 Å². The monoisotopic (exact) mass is 152 g/mol. The van der Waals surface area contributed by atoms with Crippen LogP contribution in [0.15, 0.2) is 29.4 Å². The van der Waals surface area contributed by atoms with Gasteiger partial charge < -0.3 is 4.90 Å². The van der Waals surface area contributed by atoms with Crippen molar-refractivity contribution in [3.8, 4) is 0 Å². The van der Waals surface area contributed by atoms with Crippen LogP contribution in [0.25, 0.3) is 0 Å². The number of aliphatic imine (C=N–C) groups is 1. The summed E-state index contributed by atoms with van der Waals surface area (Å²) in [6.45, 7) is 1.78. The molecule has 2 rings (SSSR count). The molecule has 2 nitrogen and oxygen atoms in total. The van der Waals surface area contributed by atoms with Crippen LogP contribution < -0.4 is 0 Å². The smallest absolute Gasteiger partial charge is 0.199 e. The first-order valence-electron chi connectivity index (χ1n) is 3.64. The quantitative estimate of drug-likeness (QED) is 0.480. The second kappa shape index (κ2) is 2.19. The Hall–Kier alpha value is -1.12. The molecule has 0 saturated heterocycles. The SMILES string of the molecule is C[C@H]1N=C2C=CC=CN2C1F. The van der Waals surface area contributed by atoms with Gasteiger partial charge in [-0.3, -0.25) is 4.99 Å². The molecule has 1 unspecified atom stereocenters. The Balaban J connectivity index is 2.32. The maximum atomic E-state index is 13.2. The summed E-state index contributed by atoms with van der Waals surface area (Å²) in [6.07, 6.45) is 6.22. The van der Waals surface area contributed by atoms with Crippen molar-refractivity contribution in [3.05, 3.63) is 24.4 Å². The molecule has 0 aromatic heterocycles. The van der Waals surface area contributed by atoms with E-state index in [-0.39, 0.29) is 6.04 Å². The Kier molecular flexibility index (Phi) is 1.31. The van der Waals surface area contributed by atoms with Crippen molar-refractivity contribution in [1.29, 1.82) is 0 Å². The molecule has 0 saturated carbocycles. The first kappa shape index (κ1) is 6.58. The first-order valence-corrected chi connectivity index (χ1v) is 3.64. The van der Waals surface area contributed by atoms with Crippen molar-refractivity contribution in [2.75, 3.05) is 0 Å². The fourth-order valence-corrected chi connectivity index (χ4v) is 1.27. The Morgan fingerprint density at radius 1 is 1.55 bits per heavy atom.